The number of unbranched alkanes of at least 4 members (excludes halogenated alkanes) is 1. The van der Waals surface area contributed by atoms with Crippen molar-refractivity contribution in [2.24, 2.45) is 4.99 Å². The average molecular weight is 417 g/mol. The first-order valence-corrected chi connectivity index (χ1v) is 8.02. The van der Waals surface area contributed by atoms with Crippen LogP contribution >= 0.6 is 24.0 Å². The average Bonchev–Trinajstić information content (AvgIpc) is 2.84. The van der Waals surface area contributed by atoms with Gasteiger partial charge in [0.1, 0.15) is 5.60 Å². The Kier molecular flexibility index (Phi) is 8.17. The first-order valence-electron chi connectivity index (χ1n) is 8.02. The summed E-state index contributed by atoms with van der Waals surface area (Å²) in [4.78, 5) is 4.58. The number of guanidine groups is 1. The lowest BCUT2D eigenvalue weighted by atomic mass is 9.96. The Morgan fingerprint density at radius 1 is 1.27 bits per heavy atom. The molecular weight excluding hydrogens is 389 g/mol. The number of hydrogen-bond acceptors (Lipinski definition) is 2. The highest BCUT2D eigenvalue weighted by Gasteiger charge is 2.36. The smallest absolute Gasteiger partial charge is 0.191 e. The minimum Gasteiger partial charge on any atom is -0.383 e. The van der Waals surface area contributed by atoms with Crippen LogP contribution in [0, 0.1) is 0 Å². The summed E-state index contributed by atoms with van der Waals surface area (Å²) in [5.74, 6) is 0.795. The van der Waals surface area contributed by atoms with Gasteiger partial charge in [-0.25, -0.2) is 4.99 Å². The van der Waals surface area contributed by atoms with Crippen LogP contribution < -0.4 is 10.6 Å². The quantitative estimate of drug-likeness (QED) is 0.289. The normalized spacial score (nSPS) is 20.2. The summed E-state index contributed by atoms with van der Waals surface area (Å²) in [6.07, 6.45) is 3.97. The van der Waals surface area contributed by atoms with Crippen LogP contribution in [-0.2, 0) is 12.0 Å². The van der Waals surface area contributed by atoms with Crippen molar-refractivity contribution in [1.82, 2.24) is 10.6 Å². The van der Waals surface area contributed by atoms with Crippen molar-refractivity contribution in [2.75, 3.05) is 19.6 Å². The van der Waals surface area contributed by atoms with Gasteiger partial charge in [0.15, 0.2) is 5.96 Å². The SMILES string of the molecule is CCCCNC(=NCC1(O)CCc2ccccc21)NCC.I. The van der Waals surface area contributed by atoms with E-state index in [2.05, 4.69) is 35.5 Å². The number of fused-ring (bicyclic) bond motifs is 1. The maximum absolute atomic E-state index is 10.9. The van der Waals surface area contributed by atoms with E-state index < -0.39 is 5.60 Å². The van der Waals surface area contributed by atoms with Crippen LogP contribution in [0.15, 0.2) is 29.3 Å². The molecule has 2 rings (SSSR count). The Hall–Kier alpha value is -0.820. The molecule has 0 fully saturated rings. The zero-order valence-corrected chi connectivity index (χ0v) is 15.9. The predicted octanol–water partition coefficient (Wildman–Crippen LogP) is 2.79. The summed E-state index contributed by atoms with van der Waals surface area (Å²) < 4.78 is 0. The van der Waals surface area contributed by atoms with Crippen LogP contribution in [-0.4, -0.2) is 30.7 Å². The summed E-state index contributed by atoms with van der Waals surface area (Å²) >= 11 is 0. The van der Waals surface area contributed by atoms with Crippen LogP contribution in [0.5, 0.6) is 0 Å². The Bertz CT molecular complexity index is 493. The molecule has 1 aromatic rings. The molecule has 1 unspecified atom stereocenters. The van der Waals surface area contributed by atoms with Gasteiger partial charge in [-0.1, -0.05) is 37.6 Å². The van der Waals surface area contributed by atoms with E-state index in [1.807, 2.05) is 18.2 Å². The molecule has 0 aromatic heterocycles. The zero-order valence-electron chi connectivity index (χ0n) is 13.6. The fourth-order valence-corrected chi connectivity index (χ4v) is 2.77. The van der Waals surface area contributed by atoms with Crippen molar-refractivity contribution in [3.05, 3.63) is 35.4 Å². The second-order valence-corrected chi connectivity index (χ2v) is 5.66. The summed E-state index contributed by atoms with van der Waals surface area (Å²) in [6.45, 7) is 6.37. The monoisotopic (exact) mass is 417 g/mol. The fourth-order valence-electron chi connectivity index (χ4n) is 2.77. The van der Waals surface area contributed by atoms with Gasteiger partial charge in [-0.3, -0.25) is 0 Å². The van der Waals surface area contributed by atoms with Crippen LogP contribution in [0.4, 0.5) is 0 Å². The topological polar surface area (TPSA) is 56.7 Å². The third-order valence-electron chi connectivity index (χ3n) is 3.99. The van der Waals surface area contributed by atoms with E-state index in [1.54, 1.807) is 0 Å². The van der Waals surface area contributed by atoms with Gasteiger partial charge in [0.25, 0.3) is 0 Å². The summed E-state index contributed by atoms with van der Waals surface area (Å²) in [6, 6.07) is 8.14. The predicted molar refractivity (Wildman–Crippen MR) is 103 cm³/mol. The van der Waals surface area contributed by atoms with Crippen molar-refractivity contribution in [3.8, 4) is 0 Å². The Balaban J connectivity index is 0.00000242. The van der Waals surface area contributed by atoms with Crippen LogP contribution in [0.1, 0.15) is 44.2 Å². The minimum atomic E-state index is -0.816. The van der Waals surface area contributed by atoms with Gasteiger partial charge < -0.3 is 15.7 Å². The number of halogens is 1. The first-order chi connectivity index (χ1) is 10.2. The van der Waals surface area contributed by atoms with Crippen LogP contribution in [0.2, 0.25) is 0 Å². The number of nitrogens with zero attached hydrogens (tertiary/aromatic N) is 1. The molecule has 1 aromatic carbocycles. The summed E-state index contributed by atoms with van der Waals surface area (Å²) in [5.41, 5.74) is 1.47. The number of nitrogens with one attached hydrogen (secondary N) is 2. The minimum absolute atomic E-state index is 0. The molecular formula is C17H28IN3O. The molecule has 0 spiro atoms. The highest BCUT2D eigenvalue weighted by Crippen LogP contribution is 2.36. The van der Waals surface area contributed by atoms with Crippen molar-refractivity contribution in [1.29, 1.82) is 0 Å². The van der Waals surface area contributed by atoms with Gasteiger partial charge in [0.2, 0.25) is 0 Å². The van der Waals surface area contributed by atoms with E-state index in [4.69, 9.17) is 0 Å². The molecule has 4 nitrogen and oxygen atoms in total. The summed E-state index contributed by atoms with van der Waals surface area (Å²) in [7, 11) is 0. The molecule has 0 saturated carbocycles. The van der Waals surface area contributed by atoms with Crippen LogP contribution in [0.3, 0.4) is 0 Å². The molecule has 5 heteroatoms. The van der Waals surface area contributed by atoms with E-state index in [0.717, 1.165) is 50.3 Å². The molecule has 0 saturated heterocycles. The van der Waals surface area contributed by atoms with Gasteiger partial charge in [-0.05, 0) is 37.3 Å². The maximum atomic E-state index is 10.9. The second-order valence-electron chi connectivity index (χ2n) is 5.66. The zero-order chi connectivity index (χ0) is 15.1. The highest BCUT2D eigenvalue weighted by molar-refractivity contribution is 14.0. The van der Waals surface area contributed by atoms with E-state index in [-0.39, 0.29) is 24.0 Å². The molecule has 0 amide bonds. The van der Waals surface area contributed by atoms with E-state index in [9.17, 15) is 5.11 Å². The molecule has 1 aliphatic carbocycles. The third-order valence-corrected chi connectivity index (χ3v) is 3.99. The van der Waals surface area contributed by atoms with Crippen molar-refractivity contribution < 1.29 is 5.11 Å². The van der Waals surface area contributed by atoms with E-state index in [0.29, 0.717) is 6.54 Å². The largest absolute Gasteiger partial charge is 0.383 e. The Morgan fingerprint density at radius 2 is 2.05 bits per heavy atom. The van der Waals surface area contributed by atoms with Gasteiger partial charge in [-0.15, -0.1) is 24.0 Å². The molecule has 0 heterocycles. The number of aliphatic hydroxyl groups is 1. The van der Waals surface area contributed by atoms with Gasteiger partial charge in [0, 0.05) is 13.1 Å². The number of benzene rings is 1. The highest BCUT2D eigenvalue weighted by atomic mass is 127. The Labute approximate surface area is 150 Å². The number of hydrogen-bond donors (Lipinski definition) is 3. The van der Waals surface area contributed by atoms with Crippen molar-refractivity contribution in [2.45, 2.75) is 45.1 Å². The molecule has 1 atom stereocenters. The van der Waals surface area contributed by atoms with Crippen molar-refractivity contribution in [3.63, 3.8) is 0 Å². The summed E-state index contributed by atoms with van der Waals surface area (Å²) in [5, 5.41) is 17.4. The molecule has 22 heavy (non-hydrogen) atoms. The number of aliphatic imine (C=N–C) groups is 1. The van der Waals surface area contributed by atoms with E-state index in [1.165, 1.54) is 5.56 Å². The second kappa shape index (κ2) is 9.35. The van der Waals surface area contributed by atoms with Crippen molar-refractivity contribution >= 4 is 29.9 Å². The standard InChI is InChI=1S/C17H27N3O.HI/c1-3-5-12-19-16(18-4-2)20-13-17(21)11-10-14-8-6-7-9-15(14)17;/h6-9,21H,3-5,10-13H2,1-2H3,(H2,18,19,20);1H. The lowest BCUT2D eigenvalue weighted by Crippen LogP contribution is -2.39. The lowest BCUT2D eigenvalue weighted by molar-refractivity contribution is 0.0485. The first kappa shape index (κ1) is 19.2. The number of rotatable bonds is 6. The van der Waals surface area contributed by atoms with Gasteiger partial charge in [-0.2, -0.15) is 0 Å². The van der Waals surface area contributed by atoms with Gasteiger partial charge >= 0.3 is 0 Å². The third kappa shape index (κ3) is 4.84. The number of aryl methyl sites for hydroxylation is 1. The lowest BCUT2D eigenvalue weighted by Gasteiger charge is -2.22. The molecule has 0 aliphatic heterocycles. The molecule has 124 valence electrons. The molecule has 3 N–H and O–H groups in total. The van der Waals surface area contributed by atoms with Gasteiger partial charge in [0.05, 0.1) is 6.54 Å². The molecule has 1 aliphatic rings. The van der Waals surface area contributed by atoms with Crippen LogP contribution in [0.25, 0.3) is 0 Å². The Morgan fingerprint density at radius 3 is 2.77 bits per heavy atom. The van der Waals surface area contributed by atoms with E-state index >= 15 is 0 Å². The molecule has 0 radical (unpaired) electrons. The fraction of sp³-hybridized carbons (Fsp3) is 0.588. The molecule has 0 bridgehead atoms. The maximum Gasteiger partial charge on any atom is 0.191 e.